The van der Waals surface area contributed by atoms with Crippen molar-refractivity contribution in [3.8, 4) is 11.5 Å². The van der Waals surface area contributed by atoms with E-state index in [0.29, 0.717) is 27.6 Å². The number of rotatable bonds is 11. The summed E-state index contributed by atoms with van der Waals surface area (Å²) in [5, 5.41) is 12.8. The SMILES string of the molecule is COc1cccc([C@@]2(CC(=O)Nc3cccc(C(=O)O)c3C)O[C@@H](C)c3cc(Cl)ccc3N(CC(C)(C)COC(C)=O)C2=O)c1OC. The first-order valence-electron chi connectivity index (χ1n) is 14.9. The highest BCUT2D eigenvalue weighted by atomic mass is 35.5. The van der Waals surface area contributed by atoms with Gasteiger partial charge in [0.1, 0.15) is 0 Å². The second-order valence-electron chi connectivity index (χ2n) is 12.2. The molecule has 0 aromatic heterocycles. The number of carbonyl (C=O) groups excluding carboxylic acids is 3. The molecule has 1 aliphatic heterocycles. The molecule has 3 aromatic carbocycles. The zero-order valence-corrected chi connectivity index (χ0v) is 28.2. The van der Waals surface area contributed by atoms with Gasteiger partial charge in [0.25, 0.3) is 5.91 Å². The predicted molar refractivity (Wildman–Crippen MR) is 176 cm³/mol. The van der Waals surface area contributed by atoms with E-state index in [9.17, 15) is 19.5 Å². The van der Waals surface area contributed by atoms with E-state index in [2.05, 4.69) is 5.32 Å². The lowest BCUT2D eigenvalue weighted by Gasteiger charge is -2.39. The Kier molecular flexibility index (Phi) is 10.5. The lowest BCUT2D eigenvalue weighted by molar-refractivity contribution is -0.158. The number of carbonyl (C=O) groups is 4. The standard InChI is InChI=1S/C35H39ClN2O9/c1-20-24(32(41)42)10-8-12-27(20)37-30(40)17-35(26-11-9-13-29(44-6)31(26)45-7)33(43)38(18-34(4,5)19-46-22(3)39)28-15-14-23(36)16-25(28)21(2)47-35/h8-16,21H,17-19H2,1-7H3,(H,37,40)(H,41,42)/t21-,35+/m0/s1. The Morgan fingerprint density at radius 3 is 2.43 bits per heavy atom. The van der Waals surface area contributed by atoms with Gasteiger partial charge in [0.2, 0.25) is 5.91 Å². The van der Waals surface area contributed by atoms with Crippen LogP contribution in [0.5, 0.6) is 11.5 Å². The van der Waals surface area contributed by atoms with Gasteiger partial charge in [-0.25, -0.2) is 4.79 Å². The van der Waals surface area contributed by atoms with Crippen LogP contribution < -0.4 is 19.7 Å². The number of hydrogen-bond donors (Lipinski definition) is 2. The molecule has 250 valence electrons. The average Bonchev–Trinajstić information content (AvgIpc) is 3.09. The fraction of sp³-hybridized carbons (Fsp3) is 0.371. The fourth-order valence-corrected chi connectivity index (χ4v) is 5.97. The van der Waals surface area contributed by atoms with E-state index in [4.69, 9.17) is 30.5 Å². The molecular weight excluding hydrogens is 628 g/mol. The normalized spacial score (nSPS) is 17.7. The van der Waals surface area contributed by atoms with Crippen LogP contribution in [0.4, 0.5) is 11.4 Å². The van der Waals surface area contributed by atoms with Crippen LogP contribution in [0.2, 0.25) is 5.02 Å². The molecule has 2 N–H and O–H groups in total. The van der Waals surface area contributed by atoms with Gasteiger partial charge in [-0.05, 0) is 55.8 Å². The molecule has 3 aromatic rings. The number of amides is 2. The number of hydrogen-bond acceptors (Lipinski definition) is 8. The summed E-state index contributed by atoms with van der Waals surface area (Å²) in [6.45, 7) is 8.45. The maximum absolute atomic E-state index is 15.2. The van der Waals surface area contributed by atoms with Crippen molar-refractivity contribution < 1.29 is 43.2 Å². The number of halogens is 1. The number of aromatic carboxylic acids is 1. The third kappa shape index (κ3) is 7.36. The van der Waals surface area contributed by atoms with Crippen LogP contribution in [-0.2, 0) is 29.5 Å². The minimum atomic E-state index is -2.00. The maximum atomic E-state index is 15.2. The number of carboxylic acid groups (broad SMARTS) is 1. The fourth-order valence-electron chi connectivity index (χ4n) is 5.79. The van der Waals surface area contributed by atoms with Crippen molar-refractivity contribution in [3.63, 3.8) is 0 Å². The Bertz CT molecular complexity index is 1710. The minimum absolute atomic E-state index is 0.0145. The molecule has 47 heavy (non-hydrogen) atoms. The van der Waals surface area contributed by atoms with Gasteiger partial charge in [0, 0.05) is 46.4 Å². The third-order valence-corrected chi connectivity index (χ3v) is 8.26. The van der Waals surface area contributed by atoms with Crippen LogP contribution in [0.3, 0.4) is 0 Å². The van der Waals surface area contributed by atoms with Crippen LogP contribution in [0.1, 0.15) is 67.3 Å². The third-order valence-electron chi connectivity index (χ3n) is 8.03. The molecule has 0 radical (unpaired) electrons. The average molecular weight is 667 g/mol. The molecule has 1 aliphatic rings. The number of para-hydroxylation sites is 1. The van der Waals surface area contributed by atoms with Crippen LogP contribution in [0.25, 0.3) is 0 Å². The highest BCUT2D eigenvalue weighted by Crippen LogP contribution is 2.49. The zero-order chi connectivity index (χ0) is 34.7. The highest BCUT2D eigenvalue weighted by molar-refractivity contribution is 6.30. The Morgan fingerprint density at radius 1 is 1.09 bits per heavy atom. The monoisotopic (exact) mass is 666 g/mol. The zero-order valence-electron chi connectivity index (χ0n) is 27.4. The smallest absolute Gasteiger partial charge is 0.336 e. The molecule has 2 atom stereocenters. The first-order chi connectivity index (χ1) is 22.1. The van der Waals surface area contributed by atoms with E-state index < -0.39 is 47.3 Å². The van der Waals surface area contributed by atoms with Crippen molar-refractivity contribution in [1.82, 2.24) is 0 Å². The molecule has 0 aliphatic carbocycles. The summed E-state index contributed by atoms with van der Waals surface area (Å²) >= 11 is 6.44. The number of methoxy groups -OCH3 is 2. The summed E-state index contributed by atoms with van der Waals surface area (Å²) in [4.78, 5) is 54.3. The van der Waals surface area contributed by atoms with Gasteiger partial charge in [0.15, 0.2) is 17.1 Å². The molecule has 0 spiro atoms. The number of anilines is 2. The first kappa shape index (κ1) is 35.2. The lowest BCUT2D eigenvalue weighted by atomic mass is 9.85. The molecule has 11 nitrogen and oxygen atoms in total. The number of ether oxygens (including phenoxy) is 4. The molecular formula is C35H39ClN2O9. The van der Waals surface area contributed by atoms with Crippen LogP contribution in [0, 0.1) is 12.3 Å². The number of nitrogens with zero attached hydrogens (tertiary/aromatic N) is 1. The summed E-state index contributed by atoms with van der Waals surface area (Å²) in [7, 11) is 2.88. The molecule has 0 unspecified atom stereocenters. The van der Waals surface area contributed by atoms with Gasteiger partial charge in [-0.3, -0.25) is 14.4 Å². The van der Waals surface area contributed by atoms with E-state index in [1.165, 1.54) is 38.2 Å². The second kappa shape index (κ2) is 14.0. The Labute approximate surface area is 278 Å². The second-order valence-corrected chi connectivity index (χ2v) is 12.6. The largest absolute Gasteiger partial charge is 0.493 e. The predicted octanol–water partition coefficient (Wildman–Crippen LogP) is 6.30. The molecule has 0 saturated heterocycles. The summed E-state index contributed by atoms with van der Waals surface area (Å²) < 4.78 is 23.4. The molecule has 1 heterocycles. The van der Waals surface area contributed by atoms with E-state index >= 15 is 4.79 Å². The first-order valence-corrected chi connectivity index (χ1v) is 15.3. The minimum Gasteiger partial charge on any atom is -0.493 e. The van der Waals surface area contributed by atoms with Crippen molar-refractivity contribution in [2.45, 2.75) is 52.7 Å². The van der Waals surface area contributed by atoms with E-state index in [0.717, 1.165) is 0 Å². The van der Waals surface area contributed by atoms with Crippen molar-refractivity contribution in [2.75, 3.05) is 37.6 Å². The summed E-state index contributed by atoms with van der Waals surface area (Å²) in [6.07, 6.45) is -1.30. The van der Waals surface area contributed by atoms with Crippen LogP contribution in [0.15, 0.2) is 54.6 Å². The maximum Gasteiger partial charge on any atom is 0.336 e. The lowest BCUT2D eigenvalue weighted by Crippen LogP contribution is -2.52. The van der Waals surface area contributed by atoms with Gasteiger partial charge in [0.05, 0.1) is 38.9 Å². The summed E-state index contributed by atoms with van der Waals surface area (Å²) in [5.41, 5.74) is -0.748. The van der Waals surface area contributed by atoms with Crippen molar-refractivity contribution in [3.05, 3.63) is 81.9 Å². The van der Waals surface area contributed by atoms with E-state index in [1.54, 1.807) is 56.3 Å². The van der Waals surface area contributed by atoms with Gasteiger partial charge in [-0.15, -0.1) is 0 Å². The quantitative estimate of drug-likeness (QED) is 0.226. The Morgan fingerprint density at radius 2 is 1.79 bits per heavy atom. The number of esters is 1. The Hall–Kier alpha value is -4.61. The molecule has 4 rings (SSSR count). The molecule has 2 amide bonds. The van der Waals surface area contributed by atoms with Gasteiger partial charge in [-0.1, -0.05) is 43.6 Å². The van der Waals surface area contributed by atoms with E-state index in [-0.39, 0.29) is 35.7 Å². The number of benzene rings is 3. The van der Waals surface area contributed by atoms with Gasteiger partial charge >= 0.3 is 11.9 Å². The van der Waals surface area contributed by atoms with Crippen LogP contribution in [-0.4, -0.2) is 56.2 Å². The van der Waals surface area contributed by atoms with Crippen LogP contribution >= 0.6 is 11.6 Å². The number of nitrogens with one attached hydrogen (secondary N) is 1. The van der Waals surface area contributed by atoms with Crippen molar-refractivity contribution >= 4 is 46.7 Å². The van der Waals surface area contributed by atoms with E-state index in [1.807, 2.05) is 13.8 Å². The molecule has 0 saturated carbocycles. The highest BCUT2D eigenvalue weighted by Gasteiger charge is 2.53. The molecule has 0 fully saturated rings. The van der Waals surface area contributed by atoms with Gasteiger partial charge < -0.3 is 34.3 Å². The van der Waals surface area contributed by atoms with Gasteiger partial charge in [-0.2, -0.15) is 0 Å². The molecule has 0 bridgehead atoms. The number of carboxylic acids is 1. The number of fused-ring (bicyclic) bond motifs is 1. The summed E-state index contributed by atoms with van der Waals surface area (Å²) in [6, 6.07) is 14.6. The van der Waals surface area contributed by atoms with Crippen molar-refractivity contribution in [1.29, 1.82) is 0 Å². The Balaban J connectivity index is 1.94. The topological polar surface area (TPSA) is 141 Å². The molecule has 12 heteroatoms. The summed E-state index contributed by atoms with van der Waals surface area (Å²) in [5.74, 6) is -2.31. The van der Waals surface area contributed by atoms with Crippen molar-refractivity contribution in [2.24, 2.45) is 5.41 Å².